The van der Waals surface area contributed by atoms with Crippen LogP contribution < -0.4 is 0 Å². The van der Waals surface area contributed by atoms with E-state index in [1.54, 1.807) is 0 Å². The molecule has 0 aromatic heterocycles. The van der Waals surface area contributed by atoms with E-state index in [1.807, 2.05) is 0 Å². The topological polar surface area (TPSA) is 0 Å². The van der Waals surface area contributed by atoms with Crippen molar-refractivity contribution in [1.82, 2.24) is 0 Å². The fraction of sp³-hybridized carbons (Fsp3) is 0.0417. The first-order valence-corrected chi connectivity index (χ1v) is 50.9. The molecule has 0 N–H and O–H groups in total. The standard InChI is InChI=1S/C83H50.C61H38/c1-83(2)77-45-73-65-37-33-57(47-17-21-49(22-18-47)59-35-29-55-27-25-51-9-7-11-53-31-39-67(59)81(55)79(51)53)41-69(65)61-13-3-5-15-63(61)71(73)43-75(77)76-44-72-64-16-6-4-14-62(64)70-42-58(34-38-66(70)74(72)46-78(76)83)48-19-23-50(24-20-48)60-36-30-56-28-26-52-10-8-12-54-32-40-68(60)82(56)80(52)54;1-61(2)57-33-53-45-15-6-4-13-43(45)42-12-3-5-14-44(42)51(53)31-55(57)56-32-52-47-17-8-7-16-46(47)50-30-40(26-28-48(50)54(52)34-58(56)61)35-18-20-36(21-19-35)41-27-24-39-23-22-37-10-9-11-38-25-29-49(41)60(39)59(37)38/h3-46H,1-2H3;3-34H,1-2H3. The average molecular weight is 1820 g/mol. The zero-order valence-electron chi connectivity index (χ0n) is 79.9. The molecule has 0 fully saturated rings. The highest BCUT2D eigenvalue weighted by molar-refractivity contribution is 6.34. The Hall–Kier alpha value is -17.9. The number of benzene rings is 31. The summed E-state index contributed by atoms with van der Waals surface area (Å²) in [5.74, 6) is 0. The Balaban J connectivity index is 0.000000135. The molecule has 0 atom stereocenters. The van der Waals surface area contributed by atoms with E-state index in [-0.39, 0.29) is 10.8 Å². The quantitative estimate of drug-likeness (QED) is 0.146. The summed E-state index contributed by atoms with van der Waals surface area (Å²) < 4.78 is 0. The van der Waals surface area contributed by atoms with Gasteiger partial charge in [0.15, 0.2) is 0 Å². The van der Waals surface area contributed by atoms with E-state index < -0.39 is 0 Å². The van der Waals surface area contributed by atoms with Gasteiger partial charge in [-0.2, -0.15) is 0 Å². The van der Waals surface area contributed by atoms with Crippen molar-refractivity contribution in [2.24, 2.45) is 0 Å². The lowest BCUT2D eigenvalue weighted by Gasteiger charge is -2.23. The van der Waals surface area contributed by atoms with Crippen LogP contribution in [-0.2, 0) is 10.8 Å². The minimum atomic E-state index is -0.226. The zero-order valence-corrected chi connectivity index (χ0v) is 79.9. The molecule has 31 aromatic carbocycles. The van der Waals surface area contributed by atoms with Gasteiger partial charge >= 0.3 is 0 Å². The van der Waals surface area contributed by atoms with Gasteiger partial charge in [0.2, 0.25) is 0 Å². The number of hydrogen-bond donors (Lipinski definition) is 0. The Kier molecular flexibility index (Phi) is 16.3. The van der Waals surface area contributed by atoms with E-state index in [2.05, 4.69) is 489 Å². The molecule has 0 heteroatoms. The molecule has 0 unspecified atom stereocenters. The number of fused-ring (bicyclic) bond motifs is 30. The normalized spacial score (nSPS) is 13.4. The van der Waals surface area contributed by atoms with Gasteiger partial charge in [0.05, 0.1) is 0 Å². The first-order valence-electron chi connectivity index (χ1n) is 50.9. The van der Waals surface area contributed by atoms with E-state index in [9.17, 15) is 0 Å². The van der Waals surface area contributed by atoms with Crippen molar-refractivity contribution in [3.63, 3.8) is 0 Å². The number of rotatable bonds is 6. The van der Waals surface area contributed by atoms with Crippen LogP contribution >= 0.6 is 0 Å². The highest BCUT2D eigenvalue weighted by Crippen LogP contribution is 2.58. The second-order valence-electron chi connectivity index (χ2n) is 42.2. The molecule has 0 amide bonds. The first kappa shape index (κ1) is 79.9. The van der Waals surface area contributed by atoms with Crippen LogP contribution in [0, 0.1) is 0 Å². The maximum absolute atomic E-state index is 2.55. The van der Waals surface area contributed by atoms with Gasteiger partial charge < -0.3 is 0 Å². The van der Waals surface area contributed by atoms with Crippen LogP contribution in [0.2, 0.25) is 0 Å². The fourth-order valence-electron chi connectivity index (χ4n) is 27.2. The van der Waals surface area contributed by atoms with Crippen molar-refractivity contribution in [2.45, 2.75) is 38.5 Å². The van der Waals surface area contributed by atoms with Gasteiger partial charge in [-0.1, -0.05) is 422 Å². The smallest absolute Gasteiger partial charge is 0.0159 e. The summed E-state index contributed by atoms with van der Waals surface area (Å²) in [6.07, 6.45) is 0. The Morgan fingerprint density at radius 3 is 0.507 bits per heavy atom. The third-order valence-corrected chi connectivity index (χ3v) is 34.3. The van der Waals surface area contributed by atoms with E-state index in [0.717, 1.165) is 0 Å². The molecule has 0 saturated heterocycles. The van der Waals surface area contributed by atoms with Crippen LogP contribution in [0.25, 0.3) is 315 Å². The van der Waals surface area contributed by atoms with Crippen molar-refractivity contribution in [3.8, 4) is 89.0 Å². The fourth-order valence-corrected chi connectivity index (χ4v) is 27.2. The van der Waals surface area contributed by atoms with Crippen molar-refractivity contribution >= 4 is 226 Å². The van der Waals surface area contributed by atoms with Gasteiger partial charge in [-0.15, -0.1) is 0 Å². The monoisotopic (exact) mass is 1820 g/mol. The molecule has 0 saturated carbocycles. The zero-order chi connectivity index (χ0) is 94.5. The van der Waals surface area contributed by atoms with Crippen LogP contribution in [0.1, 0.15) is 49.9 Å². The molecule has 0 heterocycles. The second-order valence-corrected chi connectivity index (χ2v) is 42.2. The van der Waals surface area contributed by atoms with Gasteiger partial charge in [-0.05, 0) is 404 Å². The van der Waals surface area contributed by atoms with Crippen molar-refractivity contribution in [3.05, 3.63) is 483 Å². The van der Waals surface area contributed by atoms with Gasteiger partial charge in [0.25, 0.3) is 0 Å². The molecule has 0 bridgehead atoms. The maximum Gasteiger partial charge on any atom is 0.0159 e. The third kappa shape index (κ3) is 11.2. The highest BCUT2D eigenvalue weighted by Gasteiger charge is 2.40. The Morgan fingerprint density at radius 1 is 0.104 bits per heavy atom. The molecule has 2 aliphatic carbocycles. The Labute approximate surface area is 830 Å². The minimum absolute atomic E-state index is 0.159. The highest BCUT2D eigenvalue weighted by atomic mass is 14.4. The lowest BCUT2D eigenvalue weighted by atomic mass is 9.80. The third-order valence-electron chi connectivity index (χ3n) is 34.3. The van der Waals surface area contributed by atoms with Crippen molar-refractivity contribution < 1.29 is 0 Å². The van der Waals surface area contributed by atoms with Crippen LogP contribution in [0.4, 0.5) is 0 Å². The number of hydrogen-bond acceptors (Lipinski definition) is 0. The lowest BCUT2D eigenvalue weighted by molar-refractivity contribution is 0.662. The lowest BCUT2D eigenvalue weighted by Crippen LogP contribution is -2.15. The summed E-state index contributed by atoms with van der Waals surface area (Å²) in [6.45, 7) is 9.73. The maximum atomic E-state index is 2.55. The molecule has 144 heavy (non-hydrogen) atoms. The molecule has 0 nitrogen and oxygen atoms in total. The Morgan fingerprint density at radius 2 is 0.271 bits per heavy atom. The van der Waals surface area contributed by atoms with Gasteiger partial charge in [-0.3, -0.25) is 0 Å². The summed E-state index contributed by atoms with van der Waals surface area (Å²) in [5.41, 5.74) is 25.5. The van der Waals surface area contributed by atoms with Crippen LogP contribution in [-0.4, -0.2) is 0 Å². The van der Waals surface area contributed by atoms with Gasteiger partial charge in [-0.25, -0.2) is 0 Å². The van der Waals surface area contributed by atoms with Crippen LogP contribution in [0.5, 0.6) is 0 Å². The molecular weight excluding hydrogens is 1730 g/mol. The molecular formula is C144H88. The van der Waals surface area contributed by atoms with E-state index in [0.29, 0.717) is 0 Å². The average Bonchev–Trinajstić information content (AvgIpc) is 1.46. The first-order chi connectivity index (χ1) is 70.9. The summed E-state index contributed by atoms with van der Waals surface area (Å²) in [7, 11) is 0. The molecule has 31 aromatic rings. The summed E-state index contributed by atoms with van der Waals surface area (Å²) >= 11 is 0. The van der Waals surface area contributed by atoms with E-state index >= 15 is 0 Å². The van der Waals surface area contributed by atoms with Gasteiger partial charge in [0.1, 0.15) is 0 Å². The van der Waals surface area contributed by atoms with Gasteiger partial charge in [0, 0.05) is 10.8 Å². The molecule has 0 spiro atoms. The Bertz CT molecular complexity index is 10700. The summed E-state index contributed by atoms with van der Waals surface area (Å²) in [4.78, 5) is 0. The second kappa shape index (κ2) is 29.4. The molecule has 664 valence electrons. The molecule has 33 rings (SSSR count). The van der Waals surface area contributed by atoms with Crippen molar-refractivity contribution in [1.29, 1.82) is 0 Å². The predicted molar refractivity (Wildman–Crippen MR) is 622 cm³/mol. The summed E-state index contributed by atoms with van der Waals surface area (Å²) in [5, 5.41) is 55.1. The van der Waals surface area contributed by atoms with Crippen molar-refractivity contribution in [2.75, 3.05) is 0 Å². The molecule has 2 aliphatic rings. The SMILES string of the molecule is CC1(C)c2cc3c4ccc(-c5ccc(-c6ccc7ccc8cccc9ccc6c7c89)cc5)cc4c4ccccc4c3cc2-c2cc3c4ccccc4c4cc(-c5ccc(-c6ccc7ccc8cccc9ccc6c7c89)cc5)ccc4c3cc21.CC1(C)c2cc3c4ccccc4c4ccccc4c3cc2-c2cc3c4ccccc4c4cc(-c5ccc(-c6ccc7ccc8cccc9ccc6c7c89)cc5)ccc4c3cc21. The predicted octanol–water partition coefficient (Wildman–Crippen LogP) is 40.5. The minimum Gasteiger partial charge on any atom is -0.0616 e. The molecule has 0 radical (unpaired) electrons. The van der Waals surface area contributed by atoms with E-state index in [1.165, 1.54) is 337 Å². The van der Waals surface area contributed by atoms with Crippen LogP contribution in [0.15, 0.2) is 461 Å². The summed E-state index contributed by atoms with van der Waals surface area (Å²) in [6, 6.07) is 176. The van der Waals surface area contributed by atoms with Crippen LogP contribution in [0.3, 0.4) is 0 Å². The molecule has 0 aliphatic heterocycles. The van der Waals surface area contributed by atoms with E-state index in [4.69, 9.17) is 0 Å². The largest absolute Gasteiger partial charge is 0.0616 e.